The Morgan fingerprint density at radius 2 is 1.57 bits per heavy atom. The molecular weight excluding hydrogens is 460 g/mol. The molecule has 0 bridgehead atoms. The maximum atomic E-state index is 12.2. The number of carbonyl (C=O) groups is 1. The van der Waals surface area contributed by atoms with Gasteiger partial charge in [-0.15, -0.1) is 0 Å². The molecule has 178 valence electrons. The number of fused-ring (bicyclic) bond motifs is 1. The van der Waals surface area contributed by atoms with E-state index in [0.717, 1.165) is 28.3 Å². The van der Waals surface area contributed by atoms with Gasteiger partial charge in [0.2, 0.25) is 17.3 Å². The highest BCUT2D eigenvalue weighted by Crippen LogP contribution is 2.43. The van der Waals surface area contributed by atoms with Crippen molar-refractivity contribution in [3.05, 3.63) is 109 Å². The van der Waals surface area contributed by atoms with E-state index in [9.17, 15) is 17.8 Å². The Morgan fingerprint density at radius 3 is 2.17 bits per heavy atom. The Kier molecular flexibility index (Phi) is 6.56. The third-order valence-electron chi connectivity index (χ3n) is 6.04. The molecule has 0 unspecified atom stereocenters. The first-order valence-electron chi connectivity index (χ1n) is 11.1. The summed E-state index contributed by atoms with van der Waals surface area (Å²) in [6.45, 7) is 5.49. The molecule has 0 aliphatic carbocycles. The molecule has 7 heteroatoms. The van der Waals surface area contributed by atoms with Gasteiger partial charge in [-0.1, -0.05) is 42.5 Å². The standard InChI is InChI=1S/C28H26N2O4S/c1-21(31)29(22-12-6-4-7-13-22)19-11-10-16-27-28(2,3)25-20-24(35(32,33)34)17-18-26(25)30(27)23-14-8-5-9-15-23/h4-20H,1-3H3. The number of carbonyl (C=O) groups excluding carboxylic acids is 1. The lowest BCUT2D eigenvalue weighted by Gasteiger charge is -2.17. The average molecular weight is 487 g/mol. The fourth-order valence-electron chi connectivity index (χ4n) is 4.30. The van der Waals surface area contributed by atoms with Crippen LogP contribution >= 0.6 is 0 Å². The van der Waals surface area contributed by atoms with Crippen LogP contribution in [0.3, 0.4) is 0 Å². The summed E-state index contributed by atoms with van der Waals surface area (Å²) in [5, 5.41) is 0. The Morgan fingerprint density at radius 1 is 0.943 bits per heavy atom. The van der Waals surface area contributed by atoms with Gasteiger partial charge in [-0.25, -0.2) is 8.42 Å². The first-order valence-corrected chi connectivity index (χ1v) is 12.5. The van der Waals surface area contributed by atoms with Crippen molar-refractivity contribution in [1.82, 2.24) is 4.58 Å². The molecule has 0 fully saturated rings. The molecule has 1 aliphatic rings. The van der Waals surface area contributed by atoms with Gasteiger partial charge in [0.1, 0.15) is 10.1 Å². The third kappa shape index (κ3) is 4.87. The van der Waals surface area contributed by atoms with Crippen molar-refractivity contribution >= 4 is 38.8 Å². The maximum absolute atomic E-state index is 12.2. The minimum Gasteiger partial charge on any atom is -0.744 e. The summed E-state index contributed by atoms with van der Waals surface area (Å²) >= 11 is 0. The van der Waals surface area contributed by atoms with E-state index in [4.69, 9.17) is 0 Å². The summed E-state index contributed by atoms with van der Waals surface area (Å²) in [7, 11) is -4.58. The summed E-state index contributed by atoms with van der Waals surface area (Å²) in [6, 6.07) is 23.6. The number of hydrogen-bond donors (Lipinski definition) is 0. The predicted molar refractivity (Wildman–Crippen MR) is 138 cm³/mol. The molecule has 3 aromatic carbocycles. The van der Waals surface area contributed by atoms with E-state index in [-0.39, 0.29) is 10.8 Å². The van der Waals surface area contributed by atoms with Crippen LogP contribution in [-0.4, -0.2) is 24.6 Å². The number of anilines is 1. The minimum absolute atomic E-state index is 0.112. The number of rotatable bonds is 6. The first kappa shape index (κ1) is 24.3. The number of hydrogen-bond acceptors (Lipinski definition) is 4. The van der Waals surface area contributed by atoms with Crippen LogP contribution < -0.4 is 9.48 Å². The Bertz CT molecular complexity index is 1460. The lowest BCUT2D eigenvalue weighted by molar-refractivity contribution is -0.116. The quantitative estimate of drug-likeness (QED) is 0.270. The van der Waals surface area contributed by atoms with E-state index in [1.807, 2.05) is 86.7 Å². The molecule has 0 spiro atoms. The van der Waals surface area contributed by atoms with Crippen molar-refractivity contribution in [1.29, 1.82) is 0 Å². The fraction of sp³-hybridized carbons (Fsp3) is 0.143. The van der Waals surface area contributed by atoms with Gasteiger partial charge in [-0.05, 0) is 44.2 Å². The Balaban J connectivity index is 1.78. The van der Waals surface area contributed by atoms with Crippen LogP contribution in [0.5, 0.6) is 0 Å². The van der Waals surface area contributed by atoms with Crippen LogP contribution in [0.1, 0.15) is 26.3 Å². The van der Waals surface area contributed by atoms with E-state index in [1.165, 1.54) is 19.1 Å². The second-order valence-electron chi connectivity index (χ2n) is 8.74. The van der Waals surface area contributed by atoms with Gasteiger partial charge in [0.15, 0.2) is 5.71 Å². The van der Waals surface area contributed by atoms with E-state index in [0.29, 0.717) is 0 Å². The molecule has 0 saturated carbocycles. The fourth-order valence-corrected chi connectivity index (χ4v) is 4.79. The van der Waals surface area contributed by atoms with Gasteiger partial charge < -0.3 is 4.55 Å². The second-order valence-corrected chi connectivity index (χ2v) is 10.1. The SMILES string of the molecule is CC(=O)N(/C=C/C=C/C1=[N+](c2ccccc2)c2ccc(S(=O)(=O)[O-])cc2C1(C)C)c1ccccc1. The molecule has 0 aromatic heterocycles. The number of nitrogens with zero attached hydrogens (tertiary/aromatic N) is 2. The predicted octanol–water partition coefficient (Wildman–Crippen LogP) is 5.28. The van der Waals surface area contributed by atoms with E-state index in [1.54, 1.807) is 23.2 Å². The number of para-hydroxylation sites is 2. The van der Waals surface area contributed by atoms with Crippen molar-refractivity contribution in [3.63, 3.8) is 0 Å². The summed E-state index contributed by atoms with van der Waals surface area (Å²) in [4.78, 5) is 13.5. The molecule has 1 amide bonds. The van der Waals surface area contributed by atoms with E-state index in [2.05, 4.69) is 4.58 Å². The molecule has 0 radical (unpaired) electrons. The van der Waals surface area contributed by atoms with Crippen molar-refractivity contribution in [2.75, 3.05) is 4.90 Å². The van der Waals surface area contributed by atoms with Gasteiger partial charge in [0, 0.05) is 48.6 Å². The zero-order valence-corrected chi connectivity index (χ0v) is 20.6. The van der Waals surface area contributed by atoms with E-state index < -0.39 is 15.5 Å². The third-order valence-corrected chi connectivity index (χ3v) is 6.87. The van der Waals surface area contributed by atoms with Crippen LogP contribution in [0.25, 0.3) is 0 Å². The lowest BCUT2D eigenvalue weighted by Crippen LogP contribution is -2.27. The average Bonchev–Trinajstić information content (AvgIpc) is 3.05. The zero-order chi connectivity index (χ0) is 25.2. The first-order chi connectivity index (χ1) is 16.6. The maximum Gasteiger partial charge on any atom is 0.227 e. The summed E-state index contributed by atoms with van der Waals surface area (Å²) in [6.07, 6.45) is 7.29. The molecule has 3 aromatic rings. The van der Waals surface area contributed by atoms with Crippen molar-refractivity contribution in [2.45, 2.75) is 31.1 Å². The molecule has 6 nitrogen and oxygen atoms in total. The lowest BCUT2D eigenvalue weighted by atomic mass is 9.81. The van der Waals surface area contributed by atoms with Crippen LogP contribution in [0.2, 0.25) is 0 Å². The Labute approximate surface area is 205 Å². The smallest absolute Gasteiger partial charge is 0.227 e. The van der Waals surface area contributed by atoms with Crippen molar-refractivity contribution in [3.8, 4) is 0 Å². The van der Waals surface area contributed by atoms with E-state index >= 15 is 0 Å². The topological polar surface area (TPSA) is 80.5 Å². The highest BCUT2D eigenvalue weighted by molar-refractivity contribution is 7.85. The zero-order valence-electron chi connectivity index (χ0n) is 19.8. The summed E-state index contributed by atoms with van der Waals surface area (Å²) in [5.41, 5.74) is 3.55. The van der Waals surface area contributed by atoms with Gasteiger partial charge in [-0.3, -0.25) is 9.69 Å². The van der Waals surface area contributed by atoms with Crippen LogP contribution in [0, 0.1) is 0 Å². The normalized spacial score (nSPS) is 15.1. The van der Waals surface area contributed by atoms with Crippen LogP contribution in [0.15, 0.2) is 108 Å². The Hall–Kier alpha value is -3.81. The molecule has 0 N–H and O–H groups in total. The molecular formula is C28H26N2O4S. The van der Waals surface area contributed by atoms with Crippen molar-refractivity contribution < 1.29 is 17.8 Å². The highest BCUT2D eigenvalue weighted by atomic mass is 32.2. The van der Waals surface area contributed by atoms with Gasteiger partial charge in [0.25, 0.3) is 0 Å². The van der Waals surface area contributed by atoms with Gasteiger partial charge >= 0.3 is 0 Å². The van der Waals surface area contributed by atoms with Crippen molar-refractivity contribution in [2.24, 2.45) is 0 Å². The second kappa shape index (κ2) is 9.44. The van der Waals surface area contributed by atoms with Gasteiger partial charge in [0.05, 0.1) is 10.3 Å². The largest absolute Gasteiger partial charge is 0.744 e. The highest BCUT2D eigenvalue weighted by Gasteiger charge is 2.45. The molecule has 35 heavy (non-hydrogen) atoms. The molecule has 0 saturated heterocycles. The molecule has 1 heterocycles. The number of allylic oxidation sites excluding steroid dienone is 3. The monoisotopic (exact) mass is 486 g/mol. The minimum atomic E-state index is -4.58. The summed E-state index contributed by atoms with van der Waals surface area (Å²) in [5.74, 6) is -0.112. The van der Waals surface area contributed by atoms with Gasteiger partial charge in [-0.2, -0.15) is 4.58 Å². The summed E-state index contributed by atoms with van der Waals surface area (Å²) < 4.78 is 37.1. The number of amides is 1. The number of benzene rings is 3. The molecule has 1 aliphatic heterocycles. The molecule has 0 atom stereocenters. The van der Waals surface area contributed by atoms with Crippen LogP contribution in [0.4, 0.5) is 17.1 Å². The van der Waals surface area contributed by atoms with Crippen LogP contribution in [-0.2, 0) is 20.3 Å². The molecule has 4 rings (SSSR count).